The lowest BCUT2D eigenvalue weighted by Gasteiger charge is -2.21. The minimum Gasteiger partial charge on any atom is -0.309 e. The molecule has 15 aromatic rings. The monoisotopic (exact) mass is 1260 g/mol. The molecule has 15 rings (SSSR count). The van der Waals surface area contributed by atoms with Crippen LogP contribution in [0, 0.1) is 17.9 Å². The second kappa shape index (κ2) is 23.3. The van der Waals surface area contributed by atoms with E-state index in [9.17, 15) is 5.26 Å². The van der Waals surface area contributed by atoms with Gasteiger partial charge in [0.25, 0.3) is 0 Å². The number of hydrogen-bond acceptors (Lipinski definition) is 5. The van der Waals surface area contributed by atoms with Crippen LogP contribution in [0.4, 0.5) is 5.69 Å². The van der Waals surface area contributed by atoms with E-state index in [1.54, 1.807) is 12.1 Å². The maximum atomic E-state index is 16.4. The Balaban J connectivity index is 1.06. The molecular formula is C80H54N4O4P4. The Hall–Kier alpha value is -10.6. The van der Waals surface area contributed by atoms with Gasteiger partial charge in [-0.2, -0.15) is 5.26 Å². The first kappa shape index (κ1) is 57.8. The van der Waals surface area contributed by atoms with Crippen LogP contribution < -0.4 is 63.7 Å². The fourth-order valence-corrected chi connectivity index (χ4v) is 24.0. The van der Waals surface area contributed by atoms with Gasteiger partial charge in [-0.25, -0.2) is 4.85 Å². The van der Waals surface area contributed by atoms with Crippen LogP contribution in [-0.2, 0) is 18.3 Å². The smallest absolute Gasteiger partial charge is 0.206 e. The van der Waals surface area contributed by atoms with Crippen LogP contribution in [0.15, 0.2) is 328 Å². The van der Waals surface area contributed by atoms with E-state index in [1.807, 2.05) is 315 Å². The Kier molecular flexibility index (Phi) is 14.6. The zero-order chi connectivity index (χ0) is 62.6. The largest absolute Gasteiger partial charge is 0.309 e. The minimum atomic E-state index is -3.58. The van der Waals surface area contributed by atoms with E-state index < -0.39 is 28.6 Å². The summed E-state index contributed by atoms with van der Waals surface area (Å²) in [5.41, 5.74) is 4.07. The molecule has 0 aliphatic rings. The van der Waals surface area contributed by atoms with Gasteiger partial charge in [-0.15, -0.1) is 0 Å². The average Bonchev–Trinajstić information content (AvgIpc) is 1.55. The van der Waals surface area contributed by atoms with Crippen molar-refractivity contribution in [2.24, 2.45) is 0 Å². The van der Waals surface area contributed by atoms with Gasteiger partial charge in [-0.3, -0.25) is 0 Å². The molecule has 0 saturated heterocycles. The molecule has 12 heteroatoms. The van der Waals surface area contributed by atoms with Crippen LogP contribution in [-0.4, -0.2) is 9.13 Å². The number of hydrogen-bond donors (Lipinski definition) is 0. The van der Waals surface area contributed by atoms with Gasteiger partial charge in [-0.05, 0) is 84.9 Å². The Morgan fingerprint density at radius 1 is 0.272 bits per heavy atom. The molecule has 438 valence electrons. The van der Waals surface area contributed by atoms with Gasteiger partial charge < -0.3 is 27.4 Å². The highest BCUT2D eigenvalue weighted by Gasteiger charge is 2.36. The summed E-state index contributed by atoms with van der Waals surface area (Å²) in [6, 6.07) is 106. The minimum absolute atomic E-state index is 0.119. The molecule has 2 heterocycles. The van der Waals surface area contributed by atoms with E-state index in [0.29, 0.717) is 119 Å². The van der Waals surface area contributed by atoms with Crippen LogP contribution in [0.2, 0.25) is 0 Å². The van der Waals surface area contributed by atoms with Crippen LogP contribution >= 0.6 is 28.6 Å². The summed E-state index contributed by atoms with van der Waals surface area (Å²) >= 11 is 0. The van der Waals surface area contributed by atoms with Crippen molar-refractivity contribution in [3.63, 3.8) is 0 Å². The molecule has 0 N–H and O–H groups in total. The quantitative estimate of drug-likeness (QED) is 0.0796. The molecule has 0 aliphatic carbocycles. The summed E-state index contributed by atoms with van der Waals surface area (Å²) in [7, 11) is -14.3. The van der Waals surface area contributed by atoms with Crippen LogP contribution in [0.25, 0.3) is 59.8 Å². The van der Waals surface area contributed by atoms with Gasteiger partial charge in [0.15, 0.2) is 28.6 Å². The molecule has 0 unspecified atom stereocenters. The first-order valence-electron chi connectivity index (χ1n) is 30.1. The summed E-state index contributed by atoms with van der Waals surface area (Å²) in [5.74, 6) is 0. The SMILES string of the molecule is [C-]#[N+]c1cc(-n2c3ccc(P(=O)(c4ccccc4)c4ccccc4)cc3c3cc(P(=O)(c4ccccc4)c4ccccc4)ccc32)c(-n2c3ccc(P(=O)(c4ccccc4)c4ccccc4)cc3c3cc(P(=O)(c4ccccc4)c4ccccc4)ccc32)cc1C#N. The number of nitrogens with zero attached hydrogens (tertiary/aromatic N) is 4. The van der Waals surface area contributed by atoms with Gasteiger partial charge in [0, 0.05) is 85.2 Å². The fraction of sp³-hybridized carbons (Fsp3) is 0. The normalized spacial score (nSPS) is 12.1. The highest BCUT2D eigenvalue weighted by molar-refractivity contribution is 7.86. The Bertz CT molecular complexity index is 4820. The van der Waals surface area contributed by atoms with E-state index in [1.165, 1.54) is 0 Å². The lowest BCUT2D eigenvalue weighted by molar-refractivity contribution is 0.591. The summed E-state index contributed by atoms with van der Waals surface area (Å²) in [6.45, 7) is 8.65. The first-order chi connectivity index (χ1) is 45.1. The molecule has 92 heavy (non-hydrogen) atoms. The molecular weight excluding hydrogens is 1200 g/mol. The second-order valence-corrected chi connectivity index (χ2v) is 33.8. The van der Waals surface area contributed by atoms with Gasteiger partial charge in [0.1, 0.15) is 0 Å². The molecule has 0 bridgehead atoms. The van der Waals surface area contributed by atoms with Crippen molar-refractivity contribution >= 4 is 142 Å². The van der Waals surface area contributed by atoms with Gasteiger partial charge in [0.05, 0.1) is 51.6 Å². The van der Waals surface area contributed by atoms with E-state index in [-0.39, 0.29) is 11.3 Å². The van der Waals surface area contributed by atoms with E-state index in [4.69, 9.17) is 6.57 Å². The van der Waals surface area contributed by atoms with Crippen molar-refractivity contribution in [1.82, 2.24) is 9.13 Å². The zero-order valence-electron chi connectivity index (χ0n) is 49.4. The molecule has 0 fully saturated rings. The van der Waals surface area contributed by atoms with Crippen molar-refractivity contribution in [3.8, 4) is 17.4 Å². The third-order valence-corrected chi connectivity index (χ3v) is 29.9. The molecule has 13 aromatic carbocycles. The van der Waals surface area contributed by atoms with Crippen molar-refractivity contribution in [1.29, 1.82) is 5.26 Å². The third-order valence-electron chi connectivity index (χ3n) is 17.7. The van der Waals surface area contributed by atoms with Crippen molar-refractivity contribution in [2.75, 3.05) is 0 Å². The van der Waals surface area contributed by atoms with Crippen LogP contribution in [0.3, 0.4) is 0 Å². The number of nitriles is 1. The van der Waals surface area contributed by atoms with E-state index in [0.717, 1.165) is 0 Å². The predicted octanol–water partition coefficient (Wildman–Crippen LogP) is 14.9. The van der Waals surface area contributed by atoms with E-state index >= 15 is 18.3 Å². The predicted molar refractivity (Wildman–Crippen MR) is 384 cm³/mol. The number of rotatable bonds is 14. The van der Waals surface area contributed by atoms with E-state index in [2.05, 4.69) is 20.0 Å². The number of fused-ring (bicyclic) bond motifs is 6. The average molecular weight is 1260 g/mol. The number of benzene rings is 13. The lowest BCUT2D eigenvalue weighted by Crippen LogP contribution is -2.25. The maximum Gasteiger partial charge on any atom is 0.206 e. The highest BCUT2D eigenvalue weighted by atomic mass is 31.2. The molecule has 0 spiro atoms. The molecule has 0 aliphatic heterocycles. The van der Waals surface area contributed by atoms with Gasteiger partial charge >= 0.3 is 0 Å². The van der Waals surface area contributed by atoms with Gasteiger partial charge in [0.2, 0.25) is 5.69 Å². The third kappa shape index (κ3) is 9.26. The lowest BCUT2D eigenvalue weighted by atomic mass is 10.1. The van der Waals surface area contributed by atoms with Crippen molar-refractivity contribution in [3.05, 3.63) is 345 Å². The highest BCUT2D eigenvalue weighted by Crippen LogP contribution is 2.50. The van der Waals surface area contributed by atoms with Crippen LogP contribution in [0.1, 0.15) is 5.56 Å². The van der Waals surface area contributed by atoms with Crippen molar-refractivity contribution < 1.29 is 18.3 Å². The fourth-order valence-electron chi connectivity index (χ4n) is 13.3. The molecule has 0 radical (unpaired) electrons. The maximum absolute atomic E-state index is 16.4. The number of aromatic nitrogens is 2. The van der Waals surface area contributed by atoms with Gasteiger partial charge in [-0.1, -0.05) is 243 Å². The topological polar surface area (TPSA) is 106 Å². The second-order valence-electron chi connectivity index (χ2n) is 22.7. The Morgan fingerprint density at radius 2 is 0.478 bits per heavy atom. The Labute approximate surface area is 532 Å². The van der Waals surface area contributed by atoms with Crippen molar-refractivity contribution in [2.45, 2.75) is 0 Å². The molecule has 2 aromatic heterocycles. The molecule has 0 atom stereocenters. The first-order valence-corrected chi connectivity index (χ1v) is 36.9. The summed E-state index contributed by atoms with van der Waals surface area (Å²) in [6.07, 6.45) is 0. The summed E-state index contributed by atoms with van der Waals surface area (Å²) in [4.78, 5) is 4.01. The Morgan fingerprint density at radius 3 is 0.674 bits per heavy atom. The zero-order valence-corrected chi connectivity index (χ0v) is 53.0. The molecule has 8 nitrogen and oxygen atoms in total. The molecule has 0 amide bonds. The molecule has 0 saturated carbocycles. The summed E-state index contributed by atoms with van der Waals surface area (Å²) in [5, 5.41) is 21.6. The summed E-state index contributed by atoms with van der Waals surface area (Å²) < 4.78 is 69.9. The van der Waals surface area contributed by atoms with Crippen LogP contribution in [0.5, 0.6) is 0 Å². The standard InChI is InChI=1S/C80H54N4O4P4/c1-82-74-55-80(84-77-48-44-68(91(87,62-34-18-6-19-35-62)63-36-20-7-21-37-63)53-72(77)73-54-69(45-49-78(73)84)92(88,64-38-22-8-23-39-64)65-40-24-9-25-41-65)79(50-57(74)56-81)83-75-46-42-66(89(85,58-26-10-2-11-27-58)59-28-12-3-13-29-59)51-70(75)71-52-67(43-47-76(71)83)90(86,60-30-14-4-15-31-60)61-32-16-5-17-33-61/h2-55H.